The molecule has 0 spiro atoms. The van der Waals surface area contributed by atoms with Crippen LogP contribution in [0, 0.1) is 20.8 Å². The Morgan fingerprint density at radius 3 is 2.54 bits per heavy atom. The van der Waals surface area contributed by atoms with Crippen LogP contribution in [0.2, 0.25) is 0 Å². The van der Waals surface area contributed by atoms with Crippen molar-refractivity contribution in [2.45, 2.75) is 58.4 Å². The van der Waals surface area contributed by atoms with E-state index in [1.807, 2.05) is 57.3 Å². The van der Waals surface area contributed by atoms with Crippen molar-refractivity contribution in [1.29, 1.82) is 0 Å². The van der Waals surface area contributed by atoms with Crippen LogP contribution in [-0.4, -0.2) is 69.8 Å². The second kappa shape index (κ2) is 12.0. The first-order valence-corrected chi connectivity index (χ1v) is 12.9. The number of methoxy groups -OCH3 is 1. The van der Waals surface area contributed by atoms with Crippen LogP contribution < -0.4 is 14.2 Å². The lowest BCUT2D eigenvalue weighted by Crippen LogP contribution is -2.59. The molecule has 2 heterocycles. The zero-order valence-corrected chi connectivity index (χ0v) is 22.3. The van der Waals surface area contributed by atoms with Gasteiger partial charge in [0.25, 0.3) is 0 Å². The van der Waals surface area contributed by atoms with E-state index in [4.69, 9.17) is 14.2 Å². The molecule has 37 heavy (non-hydrogen) atoms. The van der Waals surface area contributed by atoms with Crippen LogP contribution in [0.15, 0.2) is 48.8 Å². The lowest BCUT2D eigenvalue weighted by molar-refractivity contribution is -0.140. The average molecular weight is 510 g/mol. The number of hydrogen-bond donors (Lipinski definition) is 2. The number of aliphatic hydroxyl groups excluding tert-OH is 1. The minimum Gasteiger partial charge on any atom is -0.493 e. The summed E-state index contributed by atoms with van der Waals surface area (Å²) >= 11 is 0. The minimum absolute atomic E-state index is 0.0287. The van der Waals surface area contributed by atoms with Crippen LogP contribution in [0.25, 0.3) is 0 Å². The van der Waals surface area contributed by atoms with E-state index in [9.17, 15) is 10.2 Å². The van der Waals surface area contributed by atoms with Gasteiger partial charge in [0.15, 0.2) is 11.5 Å². The molecule has 8 heteroatoms. The predicted octanol–water partition coefficient (Wildman–Crippen LogP) is 3.66. The first kappa shape index (κ1) is 27.0. The first-order valence-electron chi connectivity index (χ1n) is 12.9. The molecule has 4 rings (SSSR count). The summed E-state index contributed by atoms with van der Waals surface area (Å²) in [7, 11) is 1.64. The third-order valence-electron chi connectivity index (χ3n) is 6.88. The van der Waals surface area contributed by atoms with Gasteiger partial charge in [0.1, 0.15) is 23.8 Å². The Balaban J connectivity index is 1.35. The molecule has 2 N–H and O–H groups in total. The average Bonchev–Trinajstić information content (AvgIpc) is 3.27. The van der Waals surface area contributed by atoms with E-state index >= 15 is 0 Å². The molecule has 1 aliphatic heterocycles. The maximum absolute atomic E-state index is 11.3. The van der Waals surface area contributed by atoms with E-state index in [0.717, 1.165) is 35.5 Å². The SMILES string of the molecule is COc1ccc(CN2CC[C@H](O)[C@@](O)(COc3cc(C)cc(C)c3)C2)cc1OCCCn1ccnc1C. The Labute approximate surface area is 219 Å². The highest BCUT2D eigenvalue weighted by molar-refractivity contribution is 5.43. The van der Waals surface area contributed by atoms with Gasteiger partial charge in [0.05, 0.1) is 19.8 Å². The van der Waals surface area contributed by atoms with Gasteiger partial charge in [-0.3, -0.25) is 4.90 Å². The molecule has 0 aliphatic carbocycles. The van der Waals surface area contributed by atoms with Crippen LogP contribution in [0.1, 0.15) is 35.4 Å². The van der Waals surface area contributed by atoms with Crippen LogP contribution in [-0.2, 0) is 13.1 Å². The van der Waals surface area contributed by atoms with Crippen molar-refractivity contribution in [3.05, 3.63) is 71.3 Å². The van der Waals surface area contributed by atoms with Crippen LogP contribution in [0.4, 0.5) is 0 Å². The van der Waals surface area contributed by atoms with E-state index in [1.54, 1.807) is 13.3 Å². The molecular formula is C29H39N3O5. The number of likely N-dealkylation sites (tertiary alicyclic amines) is 1. The van der Waals surface area contributed by atoms with Gasteiger partial charge in [-0.25, -0.2) is 4.98 Å². The largest absolute Gasteiger partial charge is 0.493 e. The van der Waals surface area contributed by atoms with Crippen molar-refractivity contribution in [3.8, 4) is 17.2 Å². The molecule has 1 saturated heterocycles. The van der Waals surface area contributed by atoms with Crippen molar-refractivity contribution in [1.82, 2.24) is 14.5 Å². The zero-order chi connectivity index (χ0) is 26.4. The monoisotopic (exact) mass is 509 g/mol. The van der Waals surface area contributed by atoms with Crippen molar-refractivity contribution < 1.29 is 24.4 Å². The maximum Gasteiger partial charge on any atom is 0.161 e. The molecule has 0 bridgehead atoms. The van der Waals surface area contributed by atoms with Crippen LogP contribution >= 0.6 is 0 Å². The summed E-state index contributed by atoms with van der Waals surface area (Å²) < 4.78 is 19.6. The highest BCUT2D eigenvalue weighted by Gasteiger charge is 2.42. The van der Waals surface area contributed by atoms with Gasteiger partial charge in [-0.05, 0) is 74.6 Å². The molecule has 1 aliphatic rings. The van der Waals surface area contributed by atoms with Gasteiger partial charge in [-0.15, -0.1) is 0 Å². The molecule has 8 nitrogen and oxygen atoms in total. The summed E-state index contributed by atoms with van der Waals surface area (Å²) in [5, 5.41) is 21.9. The highest BCUT2D eigenvalue weighted by atomic mass is 16.5. The number of nitrogens with zero attached hydrogens (tertiary/aromatic N) is 3. The summed E-state index contributed by atoms with van der Waals surface area (Å²) in [5.41, 5.74) is 1.90. The van der Waals surface area contributed by atoms with E-state index in [1.165, 1.54) is 0 Å². The molecule has 200 valence electrons. The summed E-state index contributed by atoms with van der Waals surface area (Å²) in [6.45, 7) is 9.05. The number of aliphatic hydroxyl groups is 2. The molecular weight excluding hydrogens is 470 g/mol. The van der Waals surface area contributed by atoms with Crippen molar-refractivity contribution in [3.63, 3.8) is 0 Å². The number of ether oxygens (including phenoxy) is 3. The smallest absolute Gasteiger partial charge is 0.161 e. The summed E-state index contributed by atoms with van der Waals surface area (Å²) in [4.78, 5) is 6.40. The number of benzene rings is 2. The quantitative estimate of drug-likeness (QED) is 0.381. The topological polar surface area (TPSA) is 89.2 Å². The molecule has 1 aromatic heterocycles. The maximum atomic E-state index is 11.3. The van der Waals surface area contributed by atoms with E-state index < -0.39 is 11.7 Å². The molecule has 2 atom stereocenters. The van der Waals surface area contributed by atoms with Gasteiger partial charge in [-0.2, -0.15) is 0 Å². The molecule has 2 aromatic carbocycles. The lowest BCUT2D eigenvalue weighted by Gasteiger charge is -2.42. The number of aromatic nitrogens is 2. The van der Waals surface area contributed by atoms with Gasteiger partial charge < -0.3 is 29.0 Å². The number of imidazole rings is 1. The third-order valence-corrected chi connectivity index (χ3v) is 6.88. The second-order valence-electron chi connectivity index (χ2n) is 10.1. The van der Waals surface area contributed by atoms with Gasteiger partial charge in [0.2, 0.25) is 0 Å². The first-order chi connectivity index (χ1) is 17.8. The van der Waals surface area contributed by atoms with Crippen molar-refractivity contribution in [2.75, 3.05) is 33.4 Å². The summed E-state index contributed by atoms with van der Waals surface area (Å²) in [6.07, 6.45) is 4.25. The van der Waals surface area contributed by atoms with Gasteiger partial charge >= 0.3 is 0 Å². The highest BCUT2D eigenvalue weighted by Crippen LogP contribution is 2.30. The number of β-amino-alcohol motifs (C(OH)–C–C–N with tert-alkyl or cyclic N) is 1. The predicted molar refractivity (Wildman–Crippen MR) is 142 cm³/mol. The van der Waals surface area contributed by atoms with E-state index in [0.29, 0.717) is 49.9 Å². The fourth-order valence-corrected chi connectivity index (χ4v) is 4.89. The van der Waals surface area contributed by atoms with Crippen molar-refractivity contribution >= 4 is 0 Å². The number of aryl methyl sites for hydroxylation is 4. The summed E-state index contributed by atoms with van der Waals surface area (Å²) in [6, 6.07) is 11.9. The molecule has 1 fully saturated rings. The second-order valence-corrected chi connectivity index (χ2v) is 10.1. The van der Waals surface area contributed by atoms with Crippen LogP contribution in [0.5, 0.6) is 17.2 Å². The Morgan fingerprint density at radius 2 is 1.84 bits per heavy atom. The Bertz CT molecular complexity index is 1160. The molecule has 0 unspecified atom stereocenters. The molecule has 3 aromatic rings. The van der Waals surface area contributed by atoms with E-state index in [-0.39, 0.29) is 6.61 Å². The van der Waals surface area contributed by atoms with Gasteiger partial charge in [-0.1, -0.05) is 12.1 Å². The Morgan fingerprint density at radius 1 is 1.05 bits per heavy atom. The fraction of sp³-hybridized carbons (Fsp3) is 0.483. The number of piperidine rings is 1. The summed E-state index contributed by atoms with van der Waals surface area (Å²) in [5.74, 6) is 3.09. The molecule has 0 radical (unpaired) electrons. The minimum atomic E-state index is -1.35. The standard InChI is InChI=1S/C29H39N3O5/c1-21-14-22(2)16-25(15-21)37-20-29(34)19-31(11-8-28(29)33)18-24-6-7-26(35-4)27(17-24)36-13-5-10-32-12-9-30-23(32)3/h6-7,9,12,14-17,28,33-34H,5,8,10-11,13,18-20H2,1-4H3/t28-,29-/m0/s1. The molecule has 0 saturated carbocycles. The third kappa shape index (κ3) is 7.03. The lowest BCUT2D eigenvalue weighted by atomic mass is 9.90. The Kier molecular flexibility index (Phi) is 8.74. The number of rotatable bonds is 11. The van der Waals surface area contributed by atoms with Crippen molar-refractivity contribution in [2.24, 2.45) is 0 Å². The fourth-order valence-electron chi connectivity index (χ4n) is 4.89. The molecule has 0 amide bonds. The normalized spacial score (nSPS) is 20.1. The van der Waals surface area contributed by atoms with Crippen LogP contribution in [0.3, 0.4) is 0 Å². The van der Waals surface area contributed by atoms with Gasteiger partial charge in [0, 0.05) is 38.6 Å². The Hall–Kier alpha value is -3.07. The zero-order valence-electron chi connectivity index (χ0n) is 22.3. The van der Waals surface area contributed by atoms with E-state index in [2.05, 4.69) is 20.5 Å². The number of hydrogen-bond acceptors (Lipinski definition) is 7.